The van der Waals surface area contributed by atoms with Gasteiger partial charge in [-0.15, -0.1) is 0 Å². The molecule has 8 nitrogen and oxygen atoms in total. The van der Waals surface area contributed by atoms with Crippen LogP contribution in [-0.4, -0.2) is 45.6 Å². The van der Waals surface area contributed by atoms with Crippen LogP contribution >= 0.6 is 0 Å². The summed E-state index contributed by atoms with van der Waals surface area (Å²) in [4.78, 5) is 37.4. The quantitative estimate of drug-likeness (QED) is 0.762. The van der Waals surface area contributed by atoms with E-state index in [1.165, 1.54) is 18.3 Å². The summed E-state index contributed by atoms with van der Waals surface area (Å²) in [6.45, 7) is 0.924. The summed E-state index contributed by atoms with van der Waals surface area (Å²) in [5.74, 6) is -0.955. The predicted molar refractivity (Wildman–Crippen MR) is 78.8 cm³/mol. The molecule has 2 aliphatic heterocycles. The Morgan fingerprint density at radius 2 is 2.30 bits per heavy atom. The van der Waals surface area contributed by atoms with Gasteiger partial charge in [0, 0.05) is 31.4 Å². The lowest BCUT2D eigenvalue weighted by molar-refractivity contribution is -0.136. The normalized spacial score (nSPS) is 26.8. The second kappa shape index (κ2) is 6.20. The van der Waals surface area contributed by atoms with Crippen molar-refractivity contribution in [1.82, 2.24) is 20.0 Å². The van der Waals surface area contributed by atoms with Gasteiger partial charge in [0.1, 0.15) is 12.5 Å². The minimum absolute atomic E-state index is 0.0220. The van der Waals surface area contributed by atoms with Gasteiger partial charge < -0.3 is 10.2 Å². The number of piperidine rings is 2. The number of nitrogens with one attached hydrogen (secondary N) is 1. The van der Waals surface area contributed by atoms with Gasteiger partial charge >= 0.3 is 0 Å². The third-order valence-corrected chi connectivity index (χ3v) is 4.50. The van der Waals surface area contributed by atoms with Crippen LogP contribution < -0.4 is 10.9 Å². The van der Waals surface area contributed by atoms with Crippen LogP contribution in [0.1, 0.15) is 12.8 Å². The van der Waals surface area contributed by atoms with Crippen molar-refractivity contribution in [2.75, 3.05) is 13.1 Å². The van der Waals surface area contributed by atoms with Crippen molar-refractivity contribution in [1.29, 1.82) is 5.26 Å². The fourth-order valence-corrected chi connectivity index (χ4v) is 3.23. The molecule has 0 saturated carbocycles. The minimum Gasteiger partial charge on any atom is -0.352 e. The van der Waals surface area contributed by atoms with E-state index in [2.05, 4.69) is 10.4 Å². The van der Waals surface area contributed by atoms with Crippen LogP contribution in [0.2, 0.25) is 0 Å². The average molecular weight is 315 g/mol. The SMILES string of the molecule is N#CC1CC2CN(C(=O)Cn3ncccc3=O)CCC2NC1=O. The van der Waals surface area contributed by atoms with Gasteiger partial charge in [-0.05, 0) is 24.8 Å². The first-order chi connectivity index (χ1) is 11.1. The van der Waals surface area contributed by atoms with E-state index in [-0.39, 0.29) is 35.9 Å². The Morgan fingerprint density at radius 3 is 3.04 bits per heavy atom. The summed E-state index contributed by atoms with van der Waals surface area (Å²) in [5, 5.41) is 15.8. The van der Waals surface area contributed by atoms with Crippen LogP contribution in [0.3, 0.4) is 0 Å². The molecule has 23 heavy (non-hydrogen) atoms. The first-order valence-corrected chi connectivity index (χ1v) is 7.58. The number of rotatable bonds is 2. The maximum Gasteiger partial charge on any atom is 0.267 e. The van der Waals surface area contributed by atoms with Crippen molar-refractivity contribution >= 4 is 11.8 Å². The number of hydrogen-bond donors (Lipinski definition) is 1. The molecule has 3 heterocycles. The Labute approximate surface area is 132 Å². The largest absolute Gasteiger partial charge is 0.352 e. The summed E-state index contributed by atoms with van der Waals surface area (Å²) < 4.78 is 1.13. The molecule has 1 N–H and O–H groups in total. The molecule has 0 aromatic carbocycles. The smallest absolute Gasteiger partial charge is 0.267 e. The number of carbonyl (C=O) groups is 2. The Kier molecular flexibility index (Phi) is 4.10. The van der Waals surface area contributed by atoms with Crippen molar-refractivity contribution in [2.45, 2.75) is 25.4 Å². The molecule has 0 bridgehead atoms. The average Bonchev–Trinajstić information content (AvgIpc) is 2.55. The number of carbonyl (C=O) groups excluding carboxylic acids is 2. The number of nitrogens with zero attached hydrogens (tertiary/aromatic N) is 4. The summed E-state index contributed by atoms with van der Waals surface area (Å²) >= 11 is 0. The second-order valence-corrected chi connectivity index (χ2v) is 5.94. The second-order valence-electron chi connectivity index (χ2n) is 5.94. The van der Waals surface area contributed by atoms with E-state index >= 15 is 0 Å². The highest BCUT2D eigenvalue weighted by molar-refractivity contribution is 5.82. The minimum atomic E-state index is -0.648. The molecule has 2 aliphatic rings. The zero-order valence-electron chi connectivity index (χ0n) is 12.5. The zero-order valence-corrected chi connectivity index (χ0v) is 12.5. The van der Waals surface area contributed by atoms with E-state index < -0.39 is 5.92 Å². The third kappa shape index (κ3) is 3.08. The summed E-state index contributed by atoms with van der Waals surface area (Å²) in [7, 11) is 0. The molecule has 1 aromatic rings. The van der Waals surface area contributed by atoms with Crippen molar-refractivity contribution in [3.05, 3.63) is 28.7 Å². The van der Waals surface area contributed by atoms with Gasteiger partial charge in [0.15, 0.2) is 0 Å². The van der Waals surface area contributed by atoms with Gasteiger partial charge in [0.05, 0.1) is 6.07 Å². The molecule has 2 amide bonds. The monoisotopic (exact) mass is 315 g/mol. The molecule has 2 fully saturated rings. The number of likely N-dealkylation sites (tertiary alicyclic amines) is 1. The van der Waals surface area contributed by atoms with E-state index in [0.717, 1.165) is 4.68 Å². The lowest BCUT2D eigenvalue weighted by atomic mass is 9.80. The molecule has 0 aliphatic carbocycles. The van der Waals surface area contributed by atoms with Gasteiger partial charge in [-0.2, -0.15) is 10.4 Å². The van der Waals surface area contributed by atoms with Gasteiger partial charge in [0.25, 0.3) is 5.56 Å². The Hall–Kier alpha value is -2.69. The van der Waals surface area contributed by atoms with Crippen molar-refractivity contribution < 1.29 is 9.59 Å². The van der Waals surface area contributed by atoms with E-state index in [9.17, 15) is 14.4 Å². The van der Waals surface area contributed by atoms with Crippen LogP contribution in [0.25, 0.3) is 0 Å². The van der Waals surface area contributed by atoms with Crippen LogP contribution in [0.4, 0.5) is 0 Å². The first-order valence-electron chi connectivity index (χ1n) is 7.58. The molecule has 1 aromatic heterocycles. The van der Waals surface area contributed by atoms with Gasteiger partial charge in [-0.3, -0.25) is 14.4 Å². The van der Waals surface area contributed by atoms with Crippen LogP contribution in [0.15, 0.2) is 23.1 Å². The summed E-state index contributed by atoms with van der Waals surface area (Å²) in [6.07, 6.45) is 2.60. The number of nitriles is 1. The summed E-state index contributed by atoms with van der Waals surface area (Å²) in [5.41, 5.74) is -0.315. The van der Waals surface area contributed by atoms with E-state index in [1.54, 1.807) is 4.90 Å². The number of hydrogen-bond acceptors (Lipinski definition) is 5. The fourth-order valence-electron chi connectivity index (χ4n) is 3.23. The number of fused-ring (bicyclic) bond motifs is 1. The van der Waals surface area contributed by atoms with E-state index in [1.807, 2.05) is 6.07 Å². The molecule has 3 atom stereocenters. The molecule has 0 spiro atoms. The Balaban J connectivity index is 1.66. The maximum absolute atomic E-state index is 12.4. The molecule has 3 unspecified atom stereocenters. The van der Waals surface area contributed by atoms with Crippen molar-refractivity contribution in [2.24, 2.45) is 11.8 Å². The predicted octanol–water partition coefficient (Wildman–Crippen LogP) is -0.880. The van der Waals surface area contributed by atoms with Gasteiger partial charge in [-0.25, -0.2) is 4.68 Å². The van der Waals surface area contributed by atoms with E-state index in [0.29, 0.717) is 25.9 Å². The standard InChI is InChI=1S/C15H17N5O3/c16-7-10-6-11-8-19(5-3-12(11)18-15(10)23)14(22)9-20-13(21)2-1-4-17-20/h1-2,4,10-12H,3,5-6,8-9H2,(H,18,23). The molecular formula is C15H17N5O3. The zero-order chi connectivity index (χ0) is 16.4. The molecule has 8 heteroatoms. The highest BCUT2D eigenvalue weighted by Gasteiger charge is 2.39. The summed E-state index contributed by atoms with van der Waals surface area (Å²) in [6, 6.07) is 4.92. The van der Waals surface area contributed by atoms with Gasteiger partial charge in [-0.1, -0.05) is 0 Å². The molecule has 3 rings (SSSR count). The lowest BCUT2D eigenvalue weighted by Crippen LogP contribution is -2.57. The topological polar surface area (TPSA) is 108 Å². The van der Waals surface area contributed by atoms with Crippen LogP contribution in [0, 0.1) is 23.2 Å². The fraction of sp³-hybridized carbons (Fsp3) is 0.533. The van der Waals surface area contributed by atoms with Crippen molar-refractivity contribution in [3.63, 3.8) is 0 Å². The van der Waals surface area contributed by atoms with E-state index in [4.69, 9.17) is 5.26 Å². The number of amides is 2. The molecule has 2 saturated heterocycles. The third-order valence-electron chi connectivity index (χ3n) is 4.50. The molecule has 120 valence electrons. The highest BCUT2D eigenvalue weighted by Crippen LogP contribution is 2.28. The van der Waals surface area contributed by atoms with Gasteiger partial charge in [0.2, 0.25) is 11.8 Å². The highest BCUT2D eigenvalue weighted by atomic mass is 16.2. The number of aromatic nitrogens is 2. The van der Waals surface area contributed by atoms with Crippen LogP contribution in [0.5, 0.6) is 0 Å². The molecule has 0 radical (unpaired) electrons. The Morgan fingerprint density at radius 1 is 1.48 bits per heavy atom. The maximum atomic E-state index is 12.4. The Bertz CT molecular complexity index is 722. The van der Waals surface area contributed by atoms with Crippen molar-refractivity contribution in [3.8, 4) is 6.07 Å². The lowest BCUT2D eigenvalue weighted by Gasteiger charge is -2.42. The first kappa shape index (κ1) is 15.2. The molecular weight excluding hydrogens is 298 g/mol. The van der Waals surface area contributed by atoms with Crippen LogP contribution in [-0.2, 0) is 16.1 Å².